The standard InChI is InChI=1S/C24H24N2O3/c1-4-29-24(28)23-17(3)26(15-20-10-6-5-9-19(20)14-25)22(27)13-21(23)18-11-7-8-16(2)12-18/h5-12,21H,4,13,15H2,1-3H3/t21-/m0/s1. The summed E-state index contributed by atoms with van der Waals surface area (Å²) < 4.78 is 5.33. The molecule has 0 bridgehead atoms. The van der Waals surface area contributed by atoms with Crippen LogP contribution in [0.1, 0.15) is 48.4 Å². The molecule has 5 heteroatoms. The molecule has 1 atom stereocenters. The van der Waals surface area contributed by atoms with Crippen LogP contribution in [0.3, 0.4) is 0 Å². The zero-order chi connectivity index (χ0) is 21.0. The van der Waals surface area contributed by atoms with Crippen LogP contribution >= 0.6 is 0 Å². The molecule has 1 heterocycles. The van der Waals surface area contributed by atoms with E-state index < -0.39 is 5.97 Å². The largest absolute Gasteiger partial charge is 0.463 e. The Balaban J connectivity index is 2.06. The number of nitrogens with zero attached hydrogens (tertiary/aromatic N) is 2. The molecular weight excluding hydrogens is 364 g/mol. The van der Waals surface area contributed by atoms with Crippen LogP contribution < -0.4 is 0 Å². The number of nitriles is 1. The van der Waals surface area contributed by atoms with Gasteiger partial charge in [0.05, 0.1) is 30.4 Å². The molecule has 0 radical (unpaired) electrons. The molecule has 1 aliphatic heterocycles. The maximum absolute atomic E-state index is 13.1. The molecule has 3 rings (SSSR count). The van der Waals surface area contributed by atoms with E-state index >= 15 is 0 Å². The Labute approximate surface area is 171 Å². The highest BCUT2D eigenvalue weighted by Gasteiger charge is 2.37. The molecule has 0 saturated carbocycles. The van der Waals surface area contributed by atoms with Gasteiger partial charge in [0.25, 0.3) is 0 Å². The lowest BCUT2D eigenvalue weighted by Crippen LogP contribution is -2.38. The van der Waals surface area contributed by atoms with Crippen molar-refractivity contribution in [2.24, 2.45) is 0 Å². The molecule has 0 N–H and O–H groups in total. The van der Waals surface area contributed by atoms with Crippen LogP contribution in [-0.4, -0.2) is 23.4 Å². The van der Waals surface area contributed by atoms with Crippen molar-refractivity contribution in [3.63, 3.8) is 0 Å². The average Bonchev–Trinajstić information content (AvgIpc) is 2.71. The number of aryl methyl sites for hydroxylation is 1. The van der Waals surface area contributed by atoms with Crippen LogP contribution in [0.2, 0.25) is 0 Å². The number of hydrogen-bond acceptors (Lipinski definition) is 4. The molecule has 0 aliphatic carbocycles. The fraction of sp³-hybridized carbons (Fsp3) is 0.292. The van der Waals surface area contributed by atoms with E-state index in [4.69, 9.17) is 4.74 Å². The quantitative estimate of drug-likeness (QED) is 0.719. The monoisotopic (exact) mass is 388 g/mol. The zero-order valence-corrected chi connectivity index (χ0v) is 16.9. The SMILES string of the molecule is CCOC(=O)C1=C(C)N(Cc2ccccc2C#N)C(=O)C[C@H]1c1cccc(C)c1. The highest BCUT2D eigenvalue weighted by Crippen LogP contribution is 2.38. The molecule has 0 aromatic heterocycles. The van der Waals surface area contributed by atoms with E-state index in [0.717, 1.165) is 16.7 Å². The van der Waals surface area contributed by atoms with E-state index in [-0.39, 0.29) is 31.4 Å². The van der Waals surface area contributed by atoms with E-state index in [9.17, 15) is 14.9 Å². The lowest BCUT2D eigenvalue weighted by molar-refractivity contribution is -0.140. The Hall–Kier alpha value is -3.39. The number of allylic oxidation sites excluding steroid dienone is 1. The van der Waals surface area contributed by atoms with Crippen LogP contribution in [0.4, 0.5) is 0 Å². The molecule has 1 amide bonds. The van der Waals surface area contributed by atoms with Crippen molar-refractivity contribution < 1.29 is 14.3 Å². The first kappa shape index (κ1) is 20.3. The normalized spacial score (nSPS) is 16.6. The van der Waals surface area contributed by atoms with Crippen molar-refractivity contribution in [3.8, 4) is 6.07 Å². The van der Waals surface area contributed by atoms with Crippen LogP contribution in [-0.2, 0) is 20.9 Å². The third-order valence-electron chi connectivity index (χ3n) is 5.23. The Kier molecular flexibility index (Phi) is 6.13. The second kappa shape index (κ2) is 8.74. The number of amides is 1. The van der Waals surface area contributed by atoms with Gasteiger partial charge in [0, 0.05) is 18.0 Å². The summed E-state index contributed by atoms with van der Waals surface area (Å²) in [6.07, 6.45) is 0.184. The summed E-state index contributed by atoms with van der Waals surface area (Å²) in [4.78, 5) is 27.5. The van der Waals surface area contributed by atoms with Crippen molar-refractivity contribution in [1.82, 2.24) is 4.90 Å². The second-order valence-electron chi connectivity index (χ2n) is 7.14. The number of hydrogen-bond donors (Lipinski definition) is 0. The molecule has 2 aromatic rings. The maximum Gasteiger partial charge on any atom is 0.336 e. The Bertz CT molecular complexity index is 1020. The first-order chi connectivity index (χ1) is 14.0. The first-order valence-corrected chi connectivity index (χ1v) is 9.69. The number of benzene rings is 2. The Morgan fingerprint density at radius 1 is 1.21 bits per heavy atom. The third-order valence-corrected chi connectivity index (χ3v) is 5.23. The van der Waals surface area contributed by atoms with Crippen molar-refractivity contribution in [3.05, 3.63) is 82.1 Å². The lowest BCUT2D eigenvalue weighted by Gasteiger charge is -2.34. The number of carbonyl (C=O) groups excluding carboxylic acids is 2. The predicted molar refractivity (Wildman–Crippen MR) is 110 cm³/mol. The van der Waals surface area contributed by atoms with Gasteiger partial charge in [-0.25, -0.2) is 4.79 Å². The van der Waals surface area contributed by atoms with Gasteiger partial charge in [-0.05, 0) is 38.0 Å². The molecule has 0 spiro atoms. The average molecular weight is 388 g/mol. The number of ether oxygens (including phenoxy) is 1. The Morgan fingerprint density at radius 3 is 2.66 bits per heavy atom. The smallest absolute Gasteiger partial charge is 0.336 e. The summed E-state index contributed by atoms with van der Waals surface area (Å²) in [6, 6.07) is 17.2. The summed E-state index contributed by atoms with van der Waals surface area (Å²) in [6.45, 7) is 6.05. The summed E-state index contributed by atoms with van der Waals surface area (Å²) in [5, 5.41) is 9.37. The van der Waals surface area contributed by atoms with Crippen LogP contribution in [0.5, 0.6) is 0 Å². The minimum absolute atomic E-state index is 0.0743. The van der Waals surface area contributed by atoms with E-state index in [1.165, 1.54) is 0 Å². The van der Waals surface area contributed by atoms with Crippen LogP contribution in [0.25, 0.3) is 0 Å². The molecular formula is C24H24N2O3. The van der Waals surface area contributed by atoms with Crippen molar-refractivity contribution in [2.75, 3.05) is 6.61 Å². The number of esters is 1. The predicted octanol–water partition coefficient (Wildman–Crippen LogP) is 4.22. The van der Waals surface area contributed by atoms with Gasteiger partial charge < -0.3 is 9.64 Å². The van der Waals surface area contributed by atoms with E-state index in [2.05, 4.69) is 6.07 Å². The first-order valence-electron chi connectivity index (χ1n) is 9.69. The molecule has 1 aliphatic rings. The van der Waals surface area contributed by atoms with Crippen molar-refractivity contribution in [2.45, 2.75) is 39.7 Å². The second-order valence-corrected chi connectivity index (χ2v) is 7.14. The van der Waals surface area contributed by atoms with Gasteiger partial charge >= 0.3 is 5.97 Å². The fourth-order valence-corrected chi connectivity index (χ4v) is 3.79. The number of rotatable bonds is 5. The van der Waals surface area contributed by atoms with Gasteiger partial charge in [-0.1, -0.05) is 48.0 Å². The minimum atomic E-state index is -0.400. The van der Waals surface area contributed by atoms with Crippen molar-refractivity contribution >= 4 is 11.9 Å². The summed E-state index contributed by atoms with van der Waals surface area (Å²) in [5.41, 5.74) is 4.36. The topological polar surface area (TPSA) is 70.4 Å². The van der Waals surface area contributed by atoms with E-state index in [0.29, 0.717) is 16.8 Å². The van der Waals surface area contributed by atoms with Gasteiger partial charge in [0.15, 0.2) is 0 Å². The fourth-order valence-electron chi connectivity index (χ4n) is 3.79. The summed E-state index contributed by atoms with van der Waals surface area (Å²) in [7, 11) is 0. The maximum atomic E-state index is 13.1. The third kappa shape index (κ3) is 4.22. The molecule has 0 unspecified atom stereocenters. The summed E-state index contributed by atoms with van der Waals surface area (Å²) >= 11 is 0. The molecule has 5 nitrogen and oxygen atoms in total. The van der Waals surface area contributed by atoms with E-state index in [1.54, 1.807) is 30.9 Å². The van der Waals surface area contributed by atoms with Gasteiger partial charge in [-0.2, -0.15) is 5.26 Å². The molecule has 2 aromatic carbocycles. The highest BCUT2D eigenvalue weighted by molar-refractivity contribution is 5.95. The molecule has 29 heavy (non-hydrogen) atoms. The minimum Gasteiger partial charge on any atom is -0.463 e. The van der Waals surface area contributed by atoms with Crippen LogP contribution in [0, 0.1) is 18.3 Å². The lowest BCUT2D eigenvalue weighted by atomic mass is 9.83. The Morgan fingerprint density at radius 2 is 1.97 bits per heavy atom. The zero-order valence-electron chi connectivity index (χ0n) is 16.9. The highest BCUT2D eigenvalue weighted by atomic mass is 16.5. The van der Waals surface area contributed by atoms with Crippen LogP contribution in [0.15, 0.2) is 59.8 Å². The van der Waals surface area contributed by atoms with Gasteiger partial charge in [0.2, 0.25) is 5.91 Å². The molecule has 0 fully saturated rings. The van der Waals surface area contributed by atoms with Gasteiger partial charge in [-0.3, -0.25) is 4.79 Å². The molecule has 0 saturated heterocycles. The van der Waals surface area contributed by atoms with Gasteiger partial charge in [0.1, 0.15) is 0 Å². The van der Waals surface area contributed by atoms with Crippen molar-refractivity contribution in [1.29, 1.82) is 5.26 Å². The van der Waals surface area contributed by atoms with Gasteiger partial charge in [-0.15, -0.1) is 0 Å². The van der Waals surface area contributed by atoms with E-state index in [1.807, 2.05) is 43.3 Å². The molecule has 148 valence electrons. The summed E-state index contributed by atoms with van der Waals surface area (Å²) in [5.74, 6) is -0.818. The number of carbonyl (C=O) groups is 2.